The third-order valence-corrected chi connectivity index (χ3v) is 3.98. The van der Waals surface area contributed by atoms with Crippen molar-refractivity contribution in [3.63, 3.8) is 0 Å². The summed E-state index contributed by atoms with van der Waals surface area (Å²) in [5.74, 6) is -0.429. The van der Waals surface area contributed by atoms with Crippen molar-refractivity contribution in [3.05, 3.63) is 35.1 Å². The largest absolute Gasteiger partial charge is 0.378 e. The second-order valence-electron chi connectivity index (χ2n) is 3.76. The Hall–Kier alpha value is -1.50. The number of aromatic amines is 1. The lowest BCUT2D eigenvalue weighted by Gasteiger charge is -2.06. The maximum absolute atomic E-state index is 11.3. The molecule has 1 aromatic carbocycles. The van der Waals surface area contributed by atoms with Crippen molar-refractivity contribution < 1.29 is 9.90 Å². The molecule has 18 heavy (non-hydrogen) atoms. The van der Waals surface area contributed by atoms with Crippen molar-refractivity contribution in [2.75, 3.05) is 5.32 Å². The molecule has 0 aliphatic carbocycles. The lowest BCUT2D eigenvalue weighted by Crippen LogP contribution is -2.10. The summed E-state index contributed by atoms with van der Waals surface area (Å²) in [6, 6.07) is 3.34. The lowest BCUT2D eigenvalue weighted by atomic mass is 10.1. The summed E-state index contributed by atoms with van der Waals surface area (Å²) in [6.07, 6.45) is 2.23. The number of nitrogens with zero attached hydrogens (tertiary/aromatic N) is 1. The van der Waals surface area contributed by atoms with E-state index in [-0.39, 0.29) is 0 Å². The van der Waals surface area contributed by atoms with Gasteiger partial charge in [-0.2, -0.15) is 0 Å². The number of rotatable bonds is 2. The highest BCUT2D eigenvalue weighted by Gasteiger charge is 2.29. The molecule has 0 spiro atoms. The summed E-state index contributed by atoms with van der Waals surface area (Å²) in [5, 5.41) is 13.4. The monoisotopic (exact) mass is 281 g/mol. The molecule has 1 aliphatic rings. The number of aliphatic hydroxyl groups excluding tert-OH is 1. The average Bonchev–Trinajstić information content (AvgIpc) is 2.92. The molecule has 1 aromatic heterocycles. The van der Waals surface area contributed by atoms with Gasteiger partial charge in [-0.3, -0.25) is 4.79 Å². The van der Waals surface area contributed by atoms with Gasteiger partial charge in [0.1, 0.15) is 0 Å². The molecule has 0 saturated heterocycles. The molecule has 0 fully saturated rings. The van der Waals surface area contributed by atoms with Crippen LogP contribution >= 0.6 is 23.4 Å². The number of amides is 1. The van der Waals surface area contributed by atoms with Gasteiger partial charge in [-0.15, -0.1) is 0 Å². The van der Waals surface area contributed by atoms with Crippen LogP contribution in [0.1, 0.15) is 11.7 Å². The van der Waals surface area contributed by atoms with Crippen LogP contribution in [0.25, 0.3) is 0 Å². The van der Waals surface area contributed by atoms with E-state index in [0.29, 0.717) is 21.4 Å². The van der Waals surface area contributed by atoms with E-state index in [1.807, 2.05) is 0 Å². The van der Waals surface area contributed by atoms with Crippen LogP contribution < -0.4 is 5.32 Å². The highest BCUT2D eigenvalue weighted by molar-refractivity contribution is 7.99. The van der Waals surface area contributed by atoms with E-state index >= 15 is 0 Å². The maximum atomic E-state index is 11.3. The van der Waals surface area contributed by atoms with E-state index in [2.05, 4.69) is 15.3 Å². The van der Waals surface area contributed by atoms with Crippen LogP contribution in [0.4, 0.5) is 5.69 Å². The molecule has 3 rings (SSSR count). The highest BCUT2D eigenvalue weighted by atomic mass is 35.5. The molecule has 5 nitrogen and oxygen atoms in total. The van der Waals surface area contributed by atoms with Gasteiger partial charge in [-0.25, -0.2) is 4.98 Å². The van der Waals surface area contributed by atoms with Crippen LogP contribution in [-0.2, 0) is 4.79 Å². The number of H-pyrrole nitrogens is 1. The topological polar surface area (TPSA) is 78.0 Å². The van der Waals surface area contributed by atoms with Gasteiger partial charge in [0, 0.05) is 28.5 Å². The molecule has 0 radical (unpaired) electrons. The minimum atomic E-state index is -1.14. The third-order valence-electron chi connectivity index (χ3n) is 2.58. The maximum Gasteiger partial charge on any atom is 0.257 e. The van der Waals surface area contributed by atoms with Gasteiger partial charge in [-0.1, -0.05) is 23.4 Å². The fraction of sp³-hybridized carbons (Fsp3) is 0.0909. The minimum Gasteiger partial charge on any atom is -0.378 e. The Morgan fingerprint density at radius 2 is 2.28 bits per heavy atom. The van der Waals surface area contributed by atoms with Gasteiger partial charge in [-0.05, 0) is 12.1 Å². The molecule has 2 heterocycles. The van der Waals surface area contributed by atoms with Gasteiger partial charge >= 0.3 is 0 Å². The molecule has 1 atom stereocenters. The molecule has 1 unspecified atom stereocenters. The second-order valence-corrected chi connectivity index (χ2v) is 5.20. The number of hydrogen-bond acceptors (Lipinski definition) is 4. The number of carbonyl (C=O) groups is 1. The van der Waals surface area contributed by atoms with E-state index in [1.165, 1.54) is 11.8 Å². The second kappa shape index (κ2) is 4.31. The summed E-state index contributed by atoms with van der Waals surface area (Å²) in [7, 11) is 0. The number of aliphatic hydroxyl groups is 1. The van der Waals surface area contributed by atoms with Crippen molar-refractivity contribution in [2.24, 2.45) is 0 Å². The van der Waals surface area contributed by atoms with Crippen LogP contribution in [0.3, 0.4) is 0 Å². The number of halogens is 1. The van der Waals surface area contributed by atoms with Gasteiger partial charge < -0.3 is 15.4 Å². The quantitative estimate of drug-likeness (QED) is 0.788. The number of anilines is 1. The van der Waals surface area contributed by atoms with Crippen molar-refractivity contribution in [3.8, 4) is 0 Å². The standard InChI is InChI=1S/C11H8ClN3O2S/c12-6-3-5-7(15-10(17)9(5)16)4-8(6)18-11-13-1-2-14-11/h1-4,9,16H,(H,13,14)(H,15,17). The third kappa shape index (κ3) is 1.88. The normalized spacial score (nSPS) is 17.7. The van der Waals surface area contributed by atoms with Crippen LogP contribution in [0.2, 0.25) is 5.02 Å². The molecule has 2 aromatic rings. The number of imidazole rings is 1. The number of nitrogens with one attached hydrogen (secondary N) is 2. The first kappa shape index (κ1) is 11.6. The van der Waals surface area contributed by atoms with Crippen molar-refractivity contribution >= 4 is 35.0 Å². The molecule has 1 amide bonds. The zero-order valence-electron chi connectivity index (χ0n) is 8.98. The van der Waals surface area contributed by atoms with Crippen LogP contribution in [0.15, 0.2) is 34.6 Å². The number of aromatic nitrogens is 2. The Bertz CT molecular complexity index is 615. The lowest BCUT2D eigenvalue weighted by molar-refractivity contribution is -0.123. The molecule has 7 heteroatoms. The molecule has 0 saturated carbocycles. The Balaban J connectivity index is 1.98. The van der Waals surface area contributed by atoms with Gasteiger partial charge in [0.15, 0.2) is 11.3 Å². The predicted octanol–water partition coefficient (Wildman–Crippen LogP) is 2.20. The first-order valence-corrected chi connectivity index (χ1v) is 6.34. The molecule has 0 bridgehead atoms. The van der Waals surface area contributed by atoms with Crippen molar-refractivity contribution in [2.45, 2.75) is 16.2 Å². The van der Waals surface area contributed by atoms with E-state index < -0.39 is 12.0 Å². The van der Waals surface area contributed by atoms with Gasteiger partial charge in [0.05, 0.1) is 5.02 Å². The van der Waals surface area contributed by atoms with E-state index in [1.54, 1.807) is 24.5 Å². The zero-order chi connectivity index (χ0) is 12.7. The number of benzene rings is 1. The summed E-state index contributed by atoms with van der Waals surface area (Å²) in [5.41, 5.74) is 1.10. The van der Waals surface area contributed by atoms with Crippen LogP contribution in [0.5, 0.6) is 0 Å². The molecular weight excluding hydrogens is 274 g/mol. The highest BCUT2D eigenvalue weighted by Crippen LogP contribution is 2.40. The molecular formula is C11H8ClN3O2S. The predicted molar refractivity (Wildman–Crippen MR) is 67.8 cm³/mol. The smallest absolute Gasteiger partial charge is 0.257 e. The van der Waals surface area contributed by atoms with Crippen LogP contribution in [-0.4, -0.2) is 21.0 Å². The van der Waals surface area contributed by atoms with Gasteiger partial charge in [0.25, 0.3) is 5.91 Å². The molecule has 92 valence electrons. The summed E-state index contributed by atoms with van der Waals surface area (Å²) >= 11 is 7.48. The number of carbonyl (C=O) groups excluding carboxylic acids is 1. The first-order valence-electron chi connectivity index (χ1n) is 5.15. The SMILES string of the molecule is O=C1Nc2cc(Sc3ncc[nH]3)c(Cl)cc2C1O. The Kier molecular flexibility index (Phi) is 2.77. The zero-order valence-corrected chi connectivity index (χ0v) is 10.5. The van der Waals surface area contributed by atoms with E-state index in [0.717, 1.165) is 4.90 Å². The number of hydrogen-bond donors (Lipinski definition) is 3. The molecule has 3 N–H and O–H groups in total. The van der Waals surface area contributed by atoms with E-state index in [4.69, 9.17) is 11.6 Å². The van der Waals surface area contributed by atoms with Crippen molar-refractivity contribution in [1.29, 1.82) is 0 Å². The minimum absolute atomic E-state index is 0.429. The Labute approximate surface area is 112 Å². The van der Waals surface area contributed by atoms with Crippen molar-refractivity contribution in [1.82, 2.24) is 9.97 Å². The Morgan fingerprint density at radius 3 is 3.00 bits per heavy atom. The van der Waals surface area contributed by atoms with Gasteiger partial charge in [0.2, 0.25) is 0 Å². The summed E-state index contributed by atoms with van der Waals surface area (Å²) in [6.45, 7) is 0. The average molecular weight is 282 g/mol. The number of fused-ring (bicyclic) bond motifs is 1. The van der Waals surface area contributed by atoms with Crippen LogP contribution in [0, 0.1) is 0 Å². The first-order chi connectivity index (χ1) is 8.65. The fourth-order valence-electron chi connectivity index (χ4n) is 1.73. The fourth-order valence-corrected chi connectivity index (χ4v) is 2.80. The summed E-state index contributed by atoms with van der Waals surface area (Å²) in [4.78, 5) is 19.1. The van der Waals surface area contributed by atoms with E-state index in [9.17, 15) is 9.90 Å². The Morgan fingerprint density at radius 1 is 1.44 bits per heavy atom. The molecule has 1 aliphatic heterocycles. The summed E-state index contributed by atoms with van der Waals surface area (Å²) < 4.78 is 0.